The van der Waals surface area contributed by atoms with Gasteiger partial charge in [0.25, 0.3) is 0 Å². The van der Waals surface area contributed by atoms with E-state index in [0.717, 1.165) is 5.56 Å². The van der Waals surface area contributed by atoms with Crippen molar-refractivity contribution in [1.29, 1.82) is 0 Å². The molecule has 0 amide bonds. The molecule has 25 heavy (non-hydrogen) atoms. The van der Waals surface area contributed by atoms with E-state index in [-0.39, 0.29) is 25.4 Å². The molecule has 4 atom stereocenters. The van der Waals surface area contributed by atoms with Crippen LogP contribution < -0.4 is 0 Å². The van der Waals surface area contributed by atoms with Crippen molar-refractivity contribution in [2.75, 3.05) is 19.8 Å². The zero-order chi connectivity index (χ0) is 17.9. The van der Waals surface area contributed by atoms with Gasteiger partial charge >= 0.3 is 0 Å². The predicted molar refractivity (Wildman–Crippen MR) is 94.5 cm³/mol. The number of fused-ring (bicyclic) bond motifs is 1. The summed E-state index contributed by atoms with van der Waals surface area (Å²) in [6, 6.07) is 9.81. The van der Waals surface area contributed by atoms with Crippen molar-refractivity contribution in [3.8, 4) is 0 Å². The van der Waals surface area contributed by atoms with E-state index in [2.05, 4.69) is 22.4 Å². The summed E-state index contributed by atoms with van der Waals surface area (Å²) < 4.78 is 24.1. The van der Waals surface area contributed by atoms with E-state index < -0.39 is 17.5 Å². The van der Waals surface area contributed by atoms with Gasteiger partial charge in [0.1, 0.15) is 23.9 Å². The van der Waals surface area contributed by atoms with Crippen LogP contribution in [0.4, 0.5) is 0 Å². The van der Waals surface area contributed by atoms with Crippen LogP contribution in [0.3, 0.4) is 0 Å². The van der Waals surface area contributed by atoms with Crippen LogP contribution in [0.15, 0.2) is 35.3 Å². The highest BCUT2D eigenvalue weighted by atomic mass is 32.1. The van der Waals surface area contributed by atoms with Crippen LogP contribution in [0.2, 0.25) is 0 Å². The molecule has 136 valence electrons. The molecule has 6 nitrogen and oxygen atoms in total. The number of rotatable bonds is 6. The second-order valence-electron chi connectivity index (χ2n) is 6.80. The lowest BCUT2D eigenvalue weighted by molar-refractivity contribution is -0.237. The number of nitrogens with zero attached hydrogens (tertiary/aromatic N) is 1. The number of thiocarbonyl (C=S) groups is 1. The second-order valence-corrected chi connectivity index (χ2v) is 6.98. The van der Waals surface area contributed by atoms with E-state index in [1.54, 1.807) is 0 Å². The smallest absolute Gasteiger partial charge is 0.164 e. The fourth-order valence-corrected chi connectivity index (χ4v) is 3.44. The molecule has 0 bridgehead atoms. The van der Waals surface area contributed by atoms with Gasteiger partial charge in [0.2, 0.25) is 0 Å². The van der Waals surface area contributed by atoms with E-state index >= 15 is 0 Å². The number of aliphatic hydroxyl groups excluding tert-OH is 1. The lowest BCUT2D eigenvalue weighted by atomic mass is 9.87. The maximum Gasteiger partial charge on any atom is 0.164 e. The minimum absolute atomic E-state index is 0.152. The minimum atomic E-state index is -1.04. The average Bonchev–Trinajstić information content (AvgIpc) is 2.93. The highest BCUT2D eigenvalue weighted by Gasteiger charge is 2.58. The summed E-state index contributed by atoms with van der Waals surface area (Å²) in [6.45, 7) is 4.27. The van der Waals surface area contributed by atoms with Gasteiger partial charge < -0.3 is 24.1 Å². The third kappa shape index (κ3) is 3.99. The van der Waals surface area contributed by atoms with E-state index in [1.165, 1.54) is 0 Å². The van der Waals surface area contributed by atoms with Crippen molar-refractivity contribution >= 4 is 17.4 Å². The number of isothiocyanates is 1. The van der Waals surface area contributed by atoms with E-state index in [0.29, 0.717) is 13.2 Å². The molecule has 0 aliphatic carbocycles. The lowest BCUT2D eigenvalue weighted by Crippen LogP contribution is -2.64. The summed E-state index contributed by atoms with van der Waals surface area (Å²) in [6.07, 6.45) is -1.17. The molecule has 2 aliphatic rings. The number of benzene rings is 1. The minimum Gasteiger partial charge on any atom is -0.393 e. The van der Waals surface area contributed by atoms with Crippen LogP contribution in [-0.4, -0.2) is 59.7 Å². The van der Waals surface area contributed by atoms with E-state index in [1.807, 2.05) is 44.2 Å². The molecule has 0 spiro atoms. The van der Waals surface area contributed by atoms with E-state index in [4.69, 9.17) is 18.9 Å². The molecule has 1 N–H and O–H groups in total. The first-order chi connectivity index (χ1) is 12.0. The lowest BCUT2D eigenvalue weighted by Gasteiger charge is -2.45. The van der Waals surface area contributed by atoms with Gasteiger partial charge in [-0.3, -0.25) is 0 Å². The molecule has 0 unspecified atom stereocenters. The fraction of sp³-hybridized carbons (Fsp3) is 0.611. The first-order valence-corrected chi connectivity index (χ1v) is 8.70. The zero-order valence-electron chi connectivity index (χ0n) is 14.4. The molecule has 1 aromatic rings. The van der Waals surface area contributed by atoms with Crippen LogP contribution in [0.5, 0.6) is 0 Å². The van der Waals surface area contributed by atoms with Crippen molar-refractivity contribution < 1.29 is 24.1 Å². The van der Waals surface area contributed by atoms with Crippen LogP contribution in [0, 0.1) is 0 Å². The number of ether oxygens (including phenoxy) is 4. The number of hydrogen-bond donors (Lipinski definition) is 1. The van der Waals surface area contributed by atoms with E-state index in [9.17, 15) is 5.11 Å². The molecule has 0 saturated carbocycles. The molecule has 2 saturated heterocycles. The SMILES string of the molecule is CC1(C)O[C@@H]2[C@@H](CO[C@@](CO)(CN=C=S)[C@H]2OCc2ccccc2)O1. The third-order valence-corrected chi connectivity index (χ3v) is 4.65. The van der Waals surface area contributed by atoms with Gasteiger partial charge in [0.15, 0.2) is 5.79 Å². The second kappa shape index (κ2) is 7.60. The first kappa shape index (κ1) is 18.6. The molecule has 1 aromatic carbocycles. The Kier molecular flexibility index (Phi) is 5.65. The molecule has 0 radical (unpaired) electrons. The Morgan fingerprint density at radius 1 is 1.32 bits per heavy atom. The largest absolute Gasteiger partial charge is 0.393 e. The molecule has 3 rings (SSSR count). The molecule has 2 fully saturated rings. The van der Waals surface area contributed by atoms with Crippen LogP contribution in [0.25, 0.3) is 0 Å². The molecule has 2 aliphatic heterocycles. The fourth-order valence-electron chi connectivity index (χ4n) is 3.37. The number of hydrogen-bond acceptors (Lipinski definition) is 7. The van der Waals surface area contributed by atoms with Crippen molar-refractivity contribution in [3.63, 3.8) is 0 Å². The molecular formula is C18H23NO5S. The van der Waals surface area contributed by atoms with Crippen LogP contribution in [0.1, 0.15) is 19.4 Å². The Morgan fingerprint density at radius 2 is 2.08 bits per heavy atom. The quantitative estimate of drug-likeness (QED) is 0.614. The van der Waals surface area contributed by atoms with Crippen molar-refractivity contribution in [3.05, 3.63) is 35.9 Å². The molecule has 0 aromatic heterocycles. The Bertz CT molecular complexity index is 634. The van der Waals surface area contributed by atoms with Gasteiger partial charge in [-0.25, -0.2) is 4.99 Å². The maximum absolute atomic E-state index is 10.1. The maximum atomic E-state index is 10.1. The van der Waals surface area contributed by atoms with Gasteiger partial charge in [0, 0.05) is 0 Å². The predicted octanol–water partition coefficient (Wildman–Crippen LogP) is 1.96. The Labute approximate surface area is 152 Å². The summed E-state index contributed by atoms with van der Waals surface area (Å²) in [5, 5.41) is 12.4. The third-order valence-electron chi connectivity index (χ3n) is 4.52. The summed E-state index contributed by atoms with van der Waals surface area (Å²) in [5.41, 5.74) is -0.0149. The van der Waals surface area contributed by atoms with Crippen LogP contribution in [-0.2, 0) is 25.6 Å². The Morgan fingerprint density at radius 3 is 2.76 bits per heavy atom. The normalized spacial score (nSPS) is 33.5. The zero-order valence-corrected chi connectivity index (χ0v) is 15.2. The summed E-state index contributed by atoms with van der Waals surface area (Å²) >= 11 is 4.68. The molecule has 2 heterocycles. The number of aliphatic hydroxyl groups is 1. The highest BCUT2D eigenvalue weighted by Crippen LogP contribution is 2.40. The van der Waals surface area contributed by atoms with Gasteiger partial charge in [-0.15, -0.1) is 0 Å². The molecule has 7 heteroatoms. The van der Waals surface area contributed by atoms with Crippen molar-refractivity contribution in [2.45, 2.75) is 50.2 Å². The summed E-state index contributed by atoms with van der Waals surface area (Å²) in [7, 11) is 0. The van der Waals surface area contributed by atoms with Gasteiger partial charge in [0.05, 0.1) is 31.5 Å². The molecular weight excluding hydrogens is 342 g/mol. The monoisotopic (exact) mass is 365 g/mol. The van der Waals surface area contributed by atoms with Gasteiger partial charge in [-0.2, -0.15) is 0 Å². The van der Waals surface area contributed by atoms with Gasteiger partial charge in [-0.1, -0.05) is 30.3 Å². The Hall–Kier alpha value is -1.18. The summed E-state index contributed by atoms with van der Waals surface area (Å²) in [5.74, 6) is -0.730. The topological polar surface area (TPSA) is 69.5 Å². The Balaban J connectivity index is 1.85. The first-order valence-electron chi connectivity index (χ1n) is 8.29. The highest BCUT2D eigenvalue weighted by molar-refractivity contribution is 7.78. The average molecular weight is 365 g/mol. The van der Waals surface area contributed by atoms with Crippen molar-refractivity contribution in [2.24, 2.45) is 4.99 Å². The summed E-state index contributed by atoms with van der Waals surface area (Å²) in [4.78, 5) is 4.00. The standard InChI is InChI=1S/C18H23NO5S/c1-17(2)23-14-9-22-18(11-20,10-19-12-25)16(15(14)24-17)21-8-13-6-4-3-5-7-13/h3-7,14-16,20H,8-11H2,1-2H3/t14-,15-,16+,18-/m1/s1. The van der Waals surface area contributed by atoms with Crippen LogP contribution >= 0.6 is 12.2 Å². The van der Waals surface area contributed by atoms with Gasteiger partial charge in [-0.05, 0) is 31.6 Å². The van der Waals surface area contributed by atoms with Crippen molar-refractivity contribution in [1.82, 2.24) is 0 Å². The number of aliphatic imine (C=N–C) groups is 1.